The van der Waals surface area contributed by atoms with Gasteiger partial charge in [-0.1, -0.05) is 66.0 Å². The predicted molar refractivity (Wildman–Crippen MR) is 120 cm³/mol. The summed E-state index contributed by atoms with van der Waals surface area (Å²) in [6.45, 7) is 5.82. The second-order valence-electron chi connectivity index (χ2n) is 7.02. The van der Waals surface area contributed by atoms with E-state index in [2.05, 4.69) is 5.32 Å². The highest BCUT2D eigenvalue weighted by atomic mass is 35.5. The topological polar surface area (TPSA) is 49.4 Å². The molecule has 0 fully saturated rings. The van der Waals surface area contributed by atoms with Gasteiger partial charge in [0, 0.05) is 27.7 Å². The Kier molecular flexibility index (Phi) is 8.81. The van der Waals surface area contributed by atoms with Crippen LogP contribution in [0.5, 0.6) is 0 Å². The van der Waals surface area contributed by atoms with Crippen molar-refractivity contribution in [3.8, 4) is 0 Å². The molecule has 2 atom stereocenters. The maximum atomic E-state index is 13.2. The summed E-state index contributed by atoms with van der Waals surface area (Å²) in [6, 6.07) is 11.6. The fourth-order valence-electron chi connectivity index (χ4n) is 2.79. The van der Waals surface area contributed by atoms with E-state index in [1.807, 2.05) is 26.0 Å². The van der Waals surface area contributed by atoms with Gasteiger partial charge in [0.05, 0.1) is 6.42 Å². The number of carbonyl (C=O) groups is 2. The molecule has 2 amide bonds. The fraction of sp³-hybridized carbons (Fsp3) is 0.364. The lowest BCUT2D eigenvalue weighted by Crippen LogP contribution is -2.50. The van der Waals surface area contributed by atoms with Crippen molar-refractivity contribution in [1.82, 2.24) is 10.2 Å². The highest BCUT2D eigenvalue weighted by Crippen LogP contribution is 2.24. The first-order valence-corrected chi connectivity index (χ1v) is 10.6. The third kappa shape index (κ3) is 6.63. The van der Waals surface area contributed by atoms with Crippen molar-refractivity contribution >= 4 is 46.6 Å². The Morgan fingerprint density at radius 1 is 1.00 bits per heavy atom. The molecular weight excluding hydrogens is 431 g/mol. The Labute approximate surface area is 187 Å². The van der Waals surface area contributed by atoms with E-state index in [0.717, 1.165) is 6.42 Å². The first-order chi connectivity index (χ1) is 13.7. The van der Waals surface area contributed by atoms with Crippen LogP contribution >= 0.6 is 34.8 Å². The van der Waals surface area contributed by atoms with Crippen LogP contribution < -0.4 is 5.32 Å². The lowest BCUT2D eigenvalue weighted by atomic mass is 10.1. The van der Waals surface area contributed by atoms with E-state index in [4.69, 9.17) is 34.8 Å². The van der Waals surface area contributed by atoms with Crippen LogP contribution in [-0.4, -0.2) is 28.8 Å². The van der Waals surface area contributed by atoms with Crippen molar-refractivity contribution in [3.63, 3.8) is 0 Å². The van der Waals surface area contributed by atoms with Crippen LogP contribution in [-0.2, 0) is 22.6 Å². The van der Waals surface area contributed by atoms with Crippen LogP contribution in [0.3, 0.4) is 0 Å². The number of nitrogens with zero attached hydrogens (tertiary/aromatic N) is 1. The molecule has 2 aromatic carbocycles. The van der Waals surface area contributed by atoms with Gasteiger partial charge in [-0.05, 0) is 49.6 Å². The average Bonchev–Trinajstić information content (AvgIpc) is 2.68. The van der Waals surface area contributed by atoms with Crippen LogP contribution in [0.25, 0.3) is 0 Å². The normalized spacial score (nSPS) is 12.9. The zero-order valence-electron chi connectivity index (χ0n) is 16.7. The molecule has 0 aliphatic rings. The highest BCUT2D eigenvalue weighted by molar-refractivity contribution is 6.35. The molecular formula is C22H25Cl3N2O2. The van der Waals surface area contributed by atoms with Gasteiger partial charge >= 0.3 is 0 Å². The summed E-state index contributed by atoms with van der Waals surface area (Å²) in [5, 5.41) is 4.41. The van der Waals surface area contributed by atoms with Crippen molar-refractivity contribution in [2.75, 3.05) is 0 Å². The maximum absolute atomic E-state index is 13.2. The Hall–Kier alpha value is -1.75. The summed E-state index contributed by atoms with van der Waals surface area (Å²) in [4.78, 5) is 27.4. The van der Waals surface area contributed by atoms with Gasteiger partial charge in [0.25, 0.3) is 0 Å². The molecule has 0 aliphatic carbocycles. The second-order valence-corrected chi connectivity index (χ2v) is 8.27. The van der Waals surface area contributed by atoms with Gasteiger partial charge in [-0.15, -0.1) is 0 Å². The molecule has 0 radical (unpaired) electrons. The number of rotatable bonds is 8. The molecule has 0 bridgehead atoms. The molecule has 1 N–H and O–H groups in total. The number of amides is 2. The minimum Gasteiger partial charge on any atom is -0.352 e. The standard InChI is InChI=1S/C22H25Cl3N2O2/c1-4-14(2)26-22(29)15(3)27(13-17-9-10-18(23)12-20(17)25)21(28)11-16-7-5-6-8-19(16)24/h5-10,12,14-15H,4,11,13H2,1-3H3,(H,26,29)/t14-,15-/m0/s1. The van der Waals surface area contributed by atoms with E-state index in [0.29, 0.717) is 26.2 Å². The van der Waals surface area contributed by atoms with Crippen LogP contribution in [0.2, 0.25) is 15.1 Å². The summed E-state index contributed by atoms with van der Waals surface area (Å²) in [6.07, 6.45) is 0.890. The van der Waals surface area contributed by atoms with Crippen molar-refractivity contribution in [3.05, 3.63) is 68.7 Å². The molecule has 0 saturated carbocycles. The SMILES string of the molecule is CC[C@H](C)NC(=O)[C@H](C)N(Cc1ccc(Cl)cc1Cl)C(=O)Cc1ccccc1Cl. The molecule has 0 aromatic heterocycles. The average molecular weight is 456 g/mol. The maximum Gasteiger partial charge on any atom is 0.242 e. The molecule has 156 valence electrons. The van der Waals surface area contributed by atoms with Crippen molar-refractivity contribution in [1.29, 1.82) is 0 Å². The van der Waals surface area contributed by atoms with E-state index in [9.17, 15) is 9.59 Å². The van der Waals surface area contributed by atoms with Crippen LogP contribution in [0.4, 0.5) is 0 Å². The lowest BCUT2D eigenvalue weighted by Gasteiger charge is -2.30. The molecule has 0 heterocycles. The monoisotopic (exact) mass is 454 g/mol. The smallest absolute Gasteiger partial charge is 0.242 e. The lowest BCUT2D eigenvalue weighted by molar-refractivity contribution is -0.140. The van der Waals surface area contributed by atoms with Crippen LogP contribution in [0, 0.1) is 0 Å². The van der Waals surface area contributed by atoms with Gasteiger partial charge in [0.15, 0.2) is 0 Å². The van der Waals surface area contributed by atoms with E-state index < -0.39 is 6.04 Å². The van der Waals surface area contributed by atoms with E-state index in [1.165, 1.54) is 4.90 Å². The molecule has 7 heteroatoms. The molecule has 0 aliphatic heterocycles. The van der Waals surface area contributed by atoms with Crippen molar-refractivity contribution in [2.45, 2.75) is 52.2 Å². The minimum absolute atomic E-state index is 0.0181. The molecule has 0 spiro atoms. The summed E-state index contributed by atoms with van der Waals surface area (Å²) >= 11 is 18.5. The van der Waals surface area contributed by atoms with Crippen LogP contribution in [0.1, 0.15) is 38.3 Å². The Morgan fingerprint density at radius 2 is 1.69 bits per heavy atom. The summed E-state index contributed by atoms with van der Waals surface area (Å²) < 4.78 is 0. The zero-order valence-corrected chi connectivity index (χ0v) is 19.0. The Bertz CT molecular complexity index is 873. The number of hydrogen-bond donors (Lipinski definition) is 1. The molecule has 29 heavy (non-hydrogen) atoms. The van der Waals surface area contributed by atoms with E-state index in [-0.39, 0.29) is 30.8 Å². The van der Waals surface area contributed by atoms with Gasteiger partial charge in [-0.3, -0.25) is 9.59 Å². The van der Waals surface area contributed by atoms with Crippen molar-refractivity contribution < 1.29 is 9.59 Å². The molecule has 0 unspecified atom stereocenters. The second kappa shape index (κ2) is 10.9. The molecule has 2 rings (SSSR count). The zero-order chi connectivity index (χ0) is 21.6. The van der Waals surface area contributed by atoms with Gasteiger partial charge in [0.1, 0.15) is 6.04 Å². The third-order valence-corrected chi connectivity index (χ3v) is 5.78. The largest absolute Gasteiger partial charge is 0.352 e. The highest BCUT2D eigenvalue weighted by Gasteiger charge is 2.27. The van der Waals surface area contributed by atoms with E-state index >= 15 is 0 Å². The minimum atomic E-state index is -0.675. The Balaban J connectivity index is 2.29. The first kappa shape index (κ1) is 23.5. The quantitative estimate of drug-likeness (QED) is 0.569. The molecule has 0 saturated heterocycles. The van der Waals surface area contributed by atoms with Gasteiger partial charge in [0.2, 0.25) is 11.8 Å². The summed E-state index contributed by atoms with van der Waals surface area (Å²) in [5.74, 6) is -0.423. The van der Waals surface area contributed by atoms with Crippen LogP contribution in [0.15, 0.2) is 42.5 Å². The molecule has 4 nitrogen and oxygen atoms in total. The van der Waals surface area contributed by atoms with E-state index in [1.54, 1.807) is 37.3 Å². The number of halogens is 3. The Morgan fingerprint density at radius 3 is 2.31 bits per heavy atom. The number of hydrogen-bond acceptors (Lipinski definition) is 2. The number of carbonyl (C=O) groups excluding carboxylic acids is 2. The van der Waals surface area contributed by atoms with Crippen molar-refractivity contribution in [2.24, 2.45) is 0 Å². The van der Waals surface area contributed by atoms with Gasteiger partial charge in [-0.25, -0.2) is 0 Å². The number of nitrogens with one attached hydrogen (secondary N) is 1. The summed E-state index contributed by atoms with van der Waals surface area (Å²) in [5.41, 5.74) is 1.42. The van der Waals surface area contributed by atoms with Gasteiger partial charge in [-0.2, -0.15) is 0 Å². The first-order valence-electron chi connectivity index (χ1n) is 9.50. The fourth-order valence-corrected chi connectivity index (χ4v) is 3.46. The van der Waals surface area contributed by atoms with Gasteiger partial charge < -0.3 is 10.2 Å². The summed E-state index contributed by atoms with van der Waals surface area (Å²) in [7, 11) is 0. The third-order valence-electron chi connectivity index (χ3n) is 4.82. The molecule has 2 aromatic rings. The number of benzene rings is 2. The predicted octanol–water partition coefficient (Wildman–Crippen LogP) is 5.52.